The van der Waals surface area contributed by atoms with Crippen molar-refractivity contribution in [2.24, 2.45) is 0 Å². The summed E-state index contributed by atoms with van der Waals surface area (Å²) in [5.74, 6) is -0.636. The predicted octanol–water partition coefficient (Wildman–Crippen LogP) is 5.43. The van der Waals surface area contributed by atoms with Crippen LogP contribution in [0.25, 0.3) is 0 Å². The molecule has 208 valence electrons. The Morgan fingerprint density at radius 2 is 1.82 bits per heavy atom. The van der Waals surface area contributed by atoms with Crippen molar-refractivity contribution in [2.45, 2.75) is 39.8 Å². The highest BCUT2D eigenvalue weighted by molar-refractivity contribution is 9.10. The molecule has 2 amide bonds. The summed E-state index contributed by atoms with van der Waals surface area (Å²) in [6.07, 6.45) is 3.75. The Labute approximate surface area is 237 Å². The topological polar surface area (TPSA) is 97.9 Å². The van der Waals surface area contributed by atoms with Gasteiger partial charge in [-0.15, -0.1) is 0 Å². The number of nitro benzene ring substituents is 1. The van der Waals surface area contributed by atoms with Gasteiger partial charge in [-0.05, 0) is 49.2 Å². The Morgan fingerprint density at radius 1 is 1.08 bits per heavy atom. The van der Waals surface area contributed by atoms with Gasteiger partial charge in [-0.1, -0.05) is 47.5 Å². The molecule has 0 aliphatic carbocycles. The van der Waals surface area contributed by atoms with Crippen LogP contribution in [0, 0.1) is 17.0 Å². The maximum Gasteiger partial charge on any atom is 0.273 e. The predicted molar refractivity (Wildman–Crippen MR) is 154 cm³/mol. The second kappa shape index (κ2) is 14.6. The summed E-state index contributed by atoms with van der Waals surface area (Å²) in [6, 6.07) is 16.5. The molecule has 9 nitrogen and oxygen atoms in total. The summed E-state index contributed by atoms with van der Waals surface area (Å²) in [7, 11) is 1.52. The first-order valence-electron chi connectivity index (χ1n) is 12.9. The van der Waals surface area contributed by atoms with Crippen molar-refractivity contribution < 1.29 is 19.2 Å². The van der Waals surface area contributed by atoms with Gasteiger partial charge in [0, 0.05) is 60.3 Å². The number of hydrogen-bond donors (Lipinski definition) is 0. The Morgan fingerprint density at radius 3 is 2.49 bits per heavy atom. The number of nitro groups is 1. The summed E-state index contributed by atoms with van der Waals surface area (Å²) >= 11 is 3.47. The largest absolute Gasteiger partial charge is 0.383 e. The Hall–Kier alpha value is -3.50. The summed E-state index contributed by atoms with van der Waals surface area (Å²) in [4.78, 5) is 41.1. The number of aromatic nitrogens is 1. The number of methoxy groups -OCH3 is 1. The molecule has 1 heterocycles. The average molecular weight is 600 g/mol. The van der Waals surface area contributed by atoms with E-state index in [2.05, 4.69) is 39.6 Å². The molecular formula is C29H35BrN4O5. The van der Waals surface area contributed by atoms with E-state index < -0.39 is 10.8 Å². The van der Waals surface area contributed by atoms with Crippen LogP contribution in [0.15, 0.2) is 65.3 Å². The van der Waals surface area contributed by atoms with Crippen molar-refractivity contribution in [3.05, 3.63) is 97.8 Å². The van der Waals surface area contributed by atoms with Crippen LogP contribution in [0.4, 0.5) is 5.69 Å². The number of ether oxygens (including phenoxy) is 1. The molecule has 0 radical (unpaired) electrons. The summed E-state index contributed by atoms with van der Waals surface area (Å²) in [5.41, 5.74) is 2.64. The van der Waals surface area contributed by atoms with Crippen LogP contribution in [-0.2, 0) is 22.6 Å². The number of benzene rings is 2. The van der Waals surface area contributed by atoms with E-state index in [1.165, 1.54) is 18.1 Å². The molecule has 39 heavy (non-hydrogen) atoms. The quantitative estimate of drug-likeness (QED) is 0.182. The summed E-state index contributed by atoms with van der Waals surface area (Å²) in [5, 5.41) is 11.4. The second-order valence-corrected chi connectivity index (χ2v) is 10.3. The molecular weight excluding hydrogens is 564 g/mol. The van der Waals surface area contributed by atoms with Crippen molar-refractivity contribution in [3.8, 4) is 0 Å². The molecule has 3 rings (SSSR count). The van der Waals surface area contributed by atoms with Gasteiger partial charge in [0.1, 0.15) is 6.54 Å². The van der Waals surface area contributed by atoms with Gasteiger partial charge in [-0.3, -0.25) is 19.7 Å². The van der Waals surface area contributed by atoms with Crippen LogP contribution < -0.4 is 0 Å². The molecule has 0 aliphatic rings. The molecule has 0 saturated carbocycles. The van der Waals surface area contributed by atoms with Gasteiger partial charge >= 0.3 is 0 Å². The van der Waals surface area contributed by atoms with Gasteiger partial charge in [-0.2, -0.15) is 0 Å². The van der Waals surface area contributed by atoms with Crippen molar-refractivity contribution >= 4 is 33.4 Å². The lowest BCUT2D eigenvalue weighted by Gasteiger charge is -2.28. The first kappa shape index (κ1) is 30.0. The number of halogens is 1. The van der Waals surface area contributed by atoms with E-state index in [1.54, 1.807) is 24.0 Å². The number of carbonyl (C=O) groups is 2. The molecule has 0 N–H and O–H groups in total. The zero-order valence-electron chi connectivity index (χ0n) is 22.6. The third-order valence-electron chi connectivity index (χ3n) is 6.51. The highest BCUT2D eigenvalue weighted by Gasteiger charge is 2.24. The van der Waals surface area contributed by atoms with E-state index in [1.807, 2.05) is 30.5 Å². The van der Waals surface area contributed by atoms with Gasteiger partial charge in [0.25, 0.3) is 11.6 Å². The first-order chi connectivity index (χ1) is 18.7. The maximum absolute atomic E-state index is 13.6. The number of hydrogen-bond acceptors (Lipinski definition) is 5. The number of nitrogens with zero attached hydrogens (tertiary/aromatic N) is 4. The third-order valence-corrected chi connectivity index (χ3v) is 7.04. The minimum absolute atomic E-state index is 0.130. The SMILES string of the molecule is CCCCN(Cc1cccn1Cc1ccc(Br)cc1)C(=O)CN(CCOC)C(=O)c1ccc(C)c([N+](=O)[O-])c1. The van der Waals surface area contributed by atoms with Gasteiger partial charge in [-0.25, -0.2) is 0 Å². The van der Waals surface area contributed by atoms with Crippen LogP contribution in [0.1, 0.15) is 46.9 Å². The van der Waals surface area contributed by atoms with Gasteiger partial charge in [0.05, 0.1) is 18.1 Å². The smallest absolute Gasteiger partial charge is 0.273 e. The van der Waals surface area contributed by atoms with Crippen molar-refractivity contribution in [3.63, 3.8) is 0 Å². The molecule has 0 spiro atoms. The van der Waals surface area contributed by atoms with Crippen LogP contribution in [0.3, 0.4) is 0 Å². The number of unbranched alkanes of at least 4 members (excludes halogenated alkanes) is 1. The highest BCUT2D eigenvalue weighted by Crippen LogP contribution is 2.21. The van der Waals surface area contributed by atoms with Crippen molar-refractivity contribution in [2.75, 3.05) is 33.4 Å². The van der Waals surface area contributed by atoms with E-state index in [4.69, 9.17) is 4.74 Å². The Balaban J connectivity index is 1.79. The highest BCUT2D eigenvalue weighted by atomic mass is 79.9. The Bertz CT molecular complexity index is 1270. The second-order valence-electron chi connectivity index (χ2n) is 9.40. The fourth-order valence-electron chi connectivity index (χ4n) is 4.21. The van der Waals surface area contributed by atoms with Gasteiger partial charge in [0.15, 0.2) is 0 Å². The van der Waals surface area contributed by atoms with E-state index >= 15 is 0 Å². The average Bonchev–Trinajstić information content (AvgIpc) is 3.36. The standard InChI is InChI=1S/C29H35BrN4O5/c1-4-5-14-32(20-26-7-6-15-31(26)19-23-9-12-25(30)13-10-23)28(35)21-33(16-17-39-3)29(36)24-11-8-22(2)27(18-24)34(37)38/h6-13,15,18H,4-5,14,16-17,19-21H2,1-3H3. The van der Waals surface area contributed by atoms with E-state index in [0.717, 1.165) is 28.6 Å². The zero-order chi connectivity index (χ0) is 28.4. The van der Waals surface area contributed by atoms with Crippen molar-refractivity contribution in [1.29, 1.82) is 0 Å². The van der Waals surface area contributed by atoms with Crippen LogP contribution >= 0.6 is 15.9 Å². The number of aryl methyl sites for hydroxylation is 1. The van der Waals surface area contributed by atoms with E-state index in [-0.39, 0.29) is 36.9 Å². The number of carbonyl (C=O) groups excluding carboxylic acids is 2. The number of amides is 2. The van der Waals surface area contributed by atoms with E-state index in [0.29, 0.717) is 25.2 Å². The first-order valence-corrected chi connectivity index (χ1v) is 13.7. The Kier molecular flexibility index (Phi) is 11.2. The molecule has 0 saturated heterocycles. The molecule has 2 aromatic carbocycles. The van der Waals surface area contributed by atoms with Crippen molar-refractivity contribution in [1.82, 2.24) is 14.4 Å². The minimum atomic E-state index is -0.507. The van der Waals surface area contributed by atoms with Crippen LogP contribution in [0.2, 0.25) is 0 Å². The fourth-order valence-corrected chi connectivity index (χ4v) is 4.47. The molecule has 0 fully saturated rings. The summed E-state index contributed by atoms with van der Waals surface area (Å²) < 4.78 is 8.31. The lowest BCUT2D eigenvalue weighted by atomic mass is 10.1. The molecule has 0 atom stereocenters. The molecule has 10 heteroatoms. The summed E-state index contributed by atoms with van der Waals surface area (Å²) in [6.45, 7) is 5.60. The molecule has 0 aliphatic heterocycles. The monoisotopic (exact) mass is 598 g/mol. The van der Waals surface area contributed by atoms with Crippen LogP contribution in [0.5, 0.6) is 0 Å². The normalized spacial score (nSPS) is 10.9. The lowest BCUT2D eigenvalue weighted by molar-refractivity contribution is -0.385. The molecule has 0 bridgehead atoms. The lowest BCUT2D eigenvalue weighted by Crippen LogP contribution is -2.44. The molecule has 3 aromatic rings. The van der Waals surface area contributed by atoms with Crippen LogP contribution in [-0.4, -0.2) is 64.5 Å². The molecule has 0 unspecified atom stereocenters. The third kappa shape index (κ3) is 8.49. The van der Waals surface area contributed by atoms with Gasteiger partial charge < -0.3 is 19.1 Å². The zero-order valence-corrected chi connectivity index (χ0v) is 24.2. The fraction of sp³-hybridized carbons (Fsp3) is 0.379. The number of rotatable bonds is 14. The van der Waals surface area contributed by atoms with Gasteiger partial charge in [0.2, 0.25) is 5.91 Å². The van der Waals surface area contributed by atoms with E-state index in [9.17, 15) is 19.7 Å². The molecule has 1 aromatic heterocycles. The minimum Gasteiger partial charge on any atom is -0.383 e. The maximum atomic E-state index is 13.6.